The third-order valence-electron chi connectivity index (χ3n) is 8.04. The molecule has 1 fully saturated rings. The van der Waals surface area contributed by atoms with Crippen LogP contribution in [0.3, 0.4) is 0 Å². The van der Waals surface area contributed by atoms with Crippen molar-refractivity contribution in [2.75, 3.05) is 13.2 Å². The maximum Gasteiger partial charge on any atom is 0.161 e. The zero-order chi connectivity index (χ0) is 28.3. The molecule has 0 bridgehead atoms. The van der Waals surface area contributed by atoms with E-state index in [9.17, 15) is 4.39 Å². The molecule has 5 heteroatoms. The second-order valence-corrected chi connectivity index (χ2v) is 10.9. The Morgan fingerprint density at radius 3 is 2.30 bits per heavy atom. The first-order chi connectivity index (χ1) is 19.5. The van der Waals surface area contributed by atoms with Gasteiger partial charge in [-0.25, -0.2) is 13.2 Å². The number of unbranched alkanes of at least 4 members (excludes halogenated alkanes) is 5. The minimum atomic E-state index is -1.67. The molecule has 1 heterocycles. The Kier molecular flexibility index (Phi) is 11.7. The van der Waals surface area contributed by atoms with Crippen molar-refractivity contribution in [1.29, 1.82) is 0 Å². The van der Waals surface area contributed by atoms with Gasteiger partial charge in [-0.2, -0.15) is 0 Å². The molecule has 4 atom stereocenters. The van der Waals surface area contributed by atoms with Crippen LogP contribution in [0.15, 0.2) is 72.3 Å². The van der Waals surface area contributed by atoms with Gasteiger partial charge < -0.3 is 9.47 Å². The summed E-state index contributed by atoms with van der Waals surface area (Å²) in [5.41, 5.74) is 3.79. The van der Waals surface area contributed by atoms with Gasteiger partial charge in [-0.1, -0.05) is 99.7 Å². The summed E-state index contributed by atoms with van der Waals surface area (Å²) in [5.74, 6) is -0.268. The van der Waals surface area contributed by atoms with Crippen LogP contribution >= 0.6 is 0 Å². The van der Waals surface area contributed by atoms with E-state index in [0.717, 1.165) is 43.2 Å². The summed E-state index contributed by atoms with van der Waals surface area (Å²) in [5, 5.41) is 0. The summed E-state index contributed by atoms with van der Waals surface area (Å²) in [6.07, 6.45) is 12.7. The molecule has 2 nitrogen and oxygen atoms in total. The zero-order valence-corrected chi connectivity index (χ0v) is 23.9. The number of hydrogen-bond donors (Lipinski definition) is 0. The molecule has 0 amide bonds. The Morgan fingerprint density at radius 1 is 0.875 bits per heavy atom. The molecule has 0 N–H and O–H groups in total. The van der Waals surface area contributed by atoms with Crippen LogP contribution in [0.4, 0.5) is 13.2 Å². The van der Waals surface area contributed by atoms with Crippen LogP contribution in [0.2, 0.25) is 0 Å². The van der Waals surface area contributed by atoms with Gasteiger partial charge in [0.1, 0.15) is 5.82 Å². The van der Waals surface area contributed by atoms with Crippen LogP contribution in [0.5, 0.6) is 0 Å². The summed E-state index contributed by atoms with van der Waals surface area (Å²) >= 11 is 0. The fraction of sp³-hybridized carbons (Fsp3) is 0.486. The molecule has 40 heavy (non-hydrogen) atoms. The molecule has 1 aliphatic carbocycles. The smallest absolute Gasteiger partial charge is 0.161 e. The van der Waals surface area contributed by atoms with Crippen molar-refractivity contribution in [3.63, 3.8) is 0 Å². The van der Waals surface area contributed by atoms with Gasteiger partial charge in [0, 0.05) is 5.92 Å². The highest BCUT2D eigenvalue weighted by Crippen LogP contribution is 2.36. The number of benzene rings is 2. The van der Waals surface area contributed by atoms with Crippen molar-refractivity contribution >= 4 is 5.57 Å². The van der Waals surface area contributed by atoms with Crippen molar-refractivity contribution in [2.45, 2.75) is 96.2 Å². The lowest BCUT2D eigenvalue weighted by Crippen LogP contribution is -2.27. The van der Waals surface area contributed by atoms with E-state index in [1.165, 1.54) is 19.3 Å². The molecule has 2 aromatic carbocycles. The molecular weight excluding hydrogens is 509 g/mol. The second kappa shape index (κ2) is 15.4. The standard InChI is InChI=1S/C35H43F3O2/c1-3-5-7-8-9-10-11-27-16-20-31(35(38)34(27)37)26-14-12-25(13-15-26)28-17-19-30(32(36)23-28)29-18-21-33(40-24-29)39-22-6-4-2/h4,6,12-17,19-20,23,29,33-35H,3,5,7-11,18,21-22,24H2,1-2H3/b6-4+. The van der Waals surface area contributed by atoms with Gasteiger partial charge in [0.15, 0.2) is 18.6 Å². The van der Waals surface area contributed by atoms with Gasteiger partial charge in [-0.3, -0.25) is 0 Å². The van der Waals surface area contributed by atoms with Gasteiger partial charge in [0.25, 0.3) is 0 Å². The lowest BCUT2D eigenvalue weighted by atomic mass is 9.87. The number of rotatable bonds is 13. The Morgan fingerprint density at radius 2 is 1.60 bits per heavy atom. The third-order valence-corrected chi connectivity index (χ3v) is 8.04. The van der Waals surface area contributed by atoms with Crippen LogP contribution in [0.25, 0.3) is 16.7 Å². The van der Waals surface area contributed by atoms with Crippen molar-refractivity contribution in [3.05, 3.63) is 89.3 Å². The molecule has 0 saturated carbocycles. The van der Waals surface area contributed by atoms with Crippen molar-refractivity contribution in [1.82, 2.24) is 0 Å². The molecule has 4 unspecified atom stereocenters. The van der Waals surface area contributed by atoms with E-state index in [1.807, 2.05) is 43.3 Å². The number of alkyl halides is 2. The largest absolute Gasteiger partial charge is 0.352 e. The molecule has 0 aromatic heterocycles. The molecule has 0 radical (unpaired) electrons. The molecule has 1 saturated heterocycles. The van der Waals surface area contributed by atoms with Crippen LogP contribution in [-0.4, -0.2) is 31.8 Å². The van der Waals surface area contributed by atoms with Gasteiger partial charge >= 0.3 is 0 Å². The van der Waals surface area contributed by atoms with E-state index in [-0.39, 0.29) is 18.0 Å². The van der Waals surface area contributed by atoms with E-state index >= 15 is 8.78 Å². The summed E-state index contributed by atoms with van der Waals surface area (Å²) in [4.78, 5) is 0. The van der Waals surface area contributed by atoms with Crippen LogP contribution in [0, 0.1) is 5.82 Å². The minimum absolute atomic E-state index is 0.00892. The lowest BCUT2D eigenvalue weighted by Gasteiger charge is -2.29. The normalized spacial score (nSPS) is 23.3. The minimum Gasteiger partial charge on any atom is -0.352 e. The van der Waals surface area contributed by atoms with Crippen LogP contribution < -0.4 is 0 Å². The highest BCUT2D eigenvalue weighted by molar-refractivity contribution is 5.75. The maximum atomic E-state index is 15.1. The van der Waals surface area contributed by atoms with Crippen molar-refractivity contribution in [2.24, 2.45) is 0 Å². The fourth-order valence-corrected chi connectivity index (χ4v) is 5.57. The van der Waals surface area contributed by atoms with Crippen LogP contribution in [-0.2, 0) is 9.47 Å². The van der Waals surface area contributed by atoms with E-state index in [0.29, 0.717) is 41.9 Å². The van der Waals surface area contributed by atoms with Gasteiger partial charge in [-0.05, 0) is 72.1 Å². The Balaban J connectivity index is 1.35. The lowest BCUT2D eigenvalue weighted by molar-refractivity contribution is -0.160. The van der Waals surface area contributed by atoms with Gasteiger partial charge in [0.2, 0.25) is 0 Å². The predicted molar refractivity (Wildman–Crippen MR) is 158 cm³/mol. The Hall–Kier alpha value is -2.63. The van der Waals surface area contributed by atoms with Crippen molar-refractivity contribution < 1.29 is 22.6 Å². The Bertz CT molecular complexity index is 1160. The number of ether oxygens (including phenoxy) is 2. The third kappa shape index (κ3) is 7.98. The highest BCUT2D eigenvalue weighted by atomic mass is 19.2. The van der Waals surface area contributed by atoms with E-state index in [4.69, 9.17) is 9.47 Å². The summed E-state index contributed by atoms with van der Waals surface area (Å²) in [6.45, 7) is 5.07. The van der Waals surface area contributed by atoms with Crippen LogP contribution in [0.1, 0.15) is 88.7 Å². The number of hydrogen-bond acceptors (Lipinski definition) is 2. The average Bonchev–Trinajstić information content (AvgIpc) is 2.98. The predicted octanol–water partition coefficient (Wildman–Crippen LogP) is 10.1. The van der Waals surface area contributed by atoms with Crippen molar-refractivity contribution in [3.8, 4) is 11.1 Å². The first-order valence-electron chi connectivity index (χ1n) is 14.9. The maximum absolute atomic E-state index is 15.1. The zero-order valence-electron chi connectivity index (χ0n) is 23.9. The summed E-state index contributed by atoms with van der Waals surface area (Å²) < 4.78 is 56.6. The highest BCUT2D eigenvalue weighted by Gasteiger charge is 2.31. The van der Waals surface area contributed by atoms with Gasteiger partial charge in [-0.15, -0.1) is 0 Å². The molecular formula is C35H43F3O2. The monoisotopic (exact) mass is 552 g/mol. The quantitative estimate of drug-likeness (QED) is 0.182. The molecule has 216 valence electrons. The second-order valence-electron chi connectivity index (χ2n) is 10.9. The SMILES string of the molecule is C/C=C/COC1CCC(c2ccc(-c3ccc(C4=CC=C(CCCCCCCC)C(F)C4F)cc3)cc2F)CO1. The number of allylic oxidation sites excluding steroid dienone is 5. The average molecular weight is 553 g/mol. The van der Waals surface area contributed by atoms with E-state index < -0.39 is 12.3 Å². The Labute approximate surface area is 238 Å². The topological polar surface area (TPSA) is 18.5 Å². The molecule has 0 spiro atoms. The van der Waals surface area contributed by atoms with E-state index in [2.05, 4.69) is 6.92 Å². The number of halogens is 3. The molecule has 2 aromatic rings. The first-order valence-corrected chi connectivity index (χ1v) is 14.9. The van der Waals surface area contributed by atoms with Gasteiger partial charge in [0.05, 0.1) is 13.2 Å². The van der Waals surface area contributed by atoms with E-state index in [1.54, 1.807) is 30.4 Å². The molecule has 2 aliphatic rings. The summed E-state index contributed by atoms with van der Waals surface area (Å²) in [7, 11) is 0. The molecule has 4 rings (SSSR count). The summed E-state index contributed by atoms with van der Waals surface area (Å²) in [6, 6.07) is 12.6. The molecule has 1 aliphatic heterocycles. The fourth-order valence-electron chi connectivity index (χ4n) is 5.57. The first kappa shape index (κ1) is 30.3.